The number of fused-ring (bicyclic) bond motifs is 1. The number of aromatic amines is 1. The van der Waals surface area contributed by atoms with Crippen molar-refractivity contribution in [2.45, 2.75) is 19.0 Å². The van der Waals surface area contributed by atoms with Crippen LogP contribution in [0, 0.1) is 0 Å². The molecule has 1 aliphatic rings. The lowest BCUT2D eigenvalue weighted by Gasteiger charge is -2.33. The van der Waals surface area contributed by atoms with Crippen molar-refractivity contribution in [3.8, 4) is 11.5 Å². The SMILES string of the molecule is COC(=O)C1Cc2nc[nH]c2CN1C(=O)Nc1ccc(OC)c(OC)c1. The monoisotopic (exact) mass is 360 g/mol. The van der Waals surface area contributed by atoms with Crippen molar-refractivity contribution < 1.29 is 23.8 Å². The highest BCUT2D eigenvalue weighted by atomic mass is 16.5. The van der Waals surface area contributed by atoms with Crippen LogP contribution in [-0.4, -0.2) is 54.2 Å². The molecule has 1 aliphatic heterocycles. The topological polar surface area (TPSA) is 106 Å². The van der Waals surface area contributed by atoms with Crippen LogP contribution in [0.1, 0.15) is 11.4 Å². The van der Waals surface area contributed by atoms with E-state index in [1.807, 2.05) is 0 Å². The van der Waals surface area contributed by atoms with Crippen LogP contribution in [0.15, 0.2) is 24.5 Å². The number of aromatic nitrogens is 2. The average molecular weight is 360 g/mol. The first kappa shape index (κ1) is 17.6. The maximum absolute atomic E-state index is 12.8. The van der Waals surface area contributed by atoms with E-state index in [0.717, 1.165) is 11.4 Å². The van der Waals surface area contributed by atoms with Gasteiger partial charge in [-0.05, 0) is 12.1 Å². The number of hydrogen-bond acceptors (Lipinski definition) is 6. The van der Waals surface area contributed by atoms with Gasteiger partial charge in [0, 0.05) is 18.2 Å². The first-order valence-electron chi connectivity index (χ1n) is 7.96. The lowest BCUT2D eigenvalue weighted by Crippen LogP contribution is -2.50. The van der Waals surface area contributed by atoms with Crippen molar-refractivity contribution >= 4 is 17.7 Å². The van der Waals surface area contributed by atoms with Crippen LogP contribution < -0.4 is 14.8 Å². The fraction of sp³-hybridized carbons (Fsp3) is 0.353. The Balaban J connectivity index is 1.82. The minimum atomic E-state index is -0.740. The highest BCUT2D eigenvalue weighted by molar-refractivity contribution is 5.93. The number of nitrogens with one attached hydrogen (secondary N) is 2. The molecule has 3 rings (SSSR count). The van der Waals surface area contributed by atoms with E-state index in [2.05, 4.69) is 15.3 Å². The third kappa shape index (κ3) is 3.28. The molecule has 9 nitrogen and oxygen atoms in total. The van der Waals surface area contributed by atoms with E-state index in [4.69, 9.17) is 14.2 Å². The van der Waals surface area contributed by atoms with E-state index in [-0.39, 0.29) is 6.54 Å². The summed E-state index contributed by atoms with van der Waals surface area (Å²) in [4.78, 5) is 33.5. The van der Waals surface area contributed by atoms with Crippen LogP contribution in [0.25, 0.3) is 0 Å². The molecular weight excluding hydrogens is 340 g/mol. The number of urea groups is 1. The normalized spacial score (nSPS) is 15.8. The number of ether oxygens (including phenoxy) is 3. The van der Waals surface area contributed by atoms with Crippen LogP contribution in [0.2, 0.25) is 0 Å². The summed E-state index contributed by atoms with van der Waals surface area (Å²) < 4.78 is 15.3. The third-order valence-corrected chi connectivity index (χ3v) is 4.27. The Morgan fingerprint density at radius 1 is 1.23 bits per heavy atom. The number of carbonyl (C=O) groups excluding carboxylic acids is 2. The van der Waals surface area contributed by atoms with Crippen molar-refractivity contribution in [3.05, 3.63) is 35.9 Å². The van der Waals surface area contributed by atoms with Gasteiger partial charge in [-0.25, -0.2) is 14.6 Å². The number of nitrogens with zero attached hydrogens (tertiary/aromatic N) is 2. The zero-order valence-electron chi connectivity index (χ0n) is 14.7. The molecule has 2 aromatic rings. The van der Waals surface area contributed by atoms with E-state index in [0.29, 0.717) is 23.6 Å². The van der Waals surface area contributed by atoms with Crippen molar-refractivity contribution in [2.75, 3.05) is 26.6 Å². The number of H-pyrrole nitrogens is 1. The highest BCUT2D eigenvalue weighted by Gasteiger charge is 2.36. The molecule has 26 heavy (non-hydrogen) atoms. The Bertz CT molecular complexity index is 819. The lowest BCUT2D eigenvalue weighted by atomic mass is 10.0. The van der Waals surface area contributed by atoms with Crippen LogP contribution in [0.4, 0.5) is 10.5 Å². The van der Waals surface area contributed by atoms with Crippen molar-refractivity contribution in [2.24, 2.45) is 0 Å². The molecule has 2 heterocycles. The Kier molecular flexibility index (Phi) is 4.97. The number of carbonyl (C=O) groups is 2. The summed E-state index contributed by atoms with van der Waals surface area (Å²) in [7, 11) is 4.35. The molecule has 2 N–H and O–H groups in total. The molecule has 0 bridgehead atoms. The van der Waals surface area contributed by atoms with Gasteiger partial charge in [0.25, 0.3) is 0 Å². The molecule has 0 fully saturated rings. The summed E-state index contributed by atoms with van der Waals surface area (Å²) in [5.74, 6) is 0.559. The summed E-state index contributed by atoms with van der Waals surface area (Å²) in [5.41, 5.74) is 2.08. The van der Waals surface area contributed by atoms with Gasteiger partial charge in [0.1, 0.15) is 6.04 Å². The van der Waals surface area contributed by atoms with Crippen molar-refractivity contribution in [1.29, 1.82) is 0 Å². The Labute approximate surface area is 150 Å². The van der Waals surface area contributed by atoms with Gasteiger partial charge in [0.2, 0.25) is 0 Å². The number of rotatable bonds is 4. The zero-order chi connectivity index (χ0) is 18.7. The number of anilines is 1. The summed E-state index contributed by atoms with van der Waals surface area (Å²) in [5, 5.41) is 2.78. The second kappa shape index (κ2) is 7.34. The summed E-state index contributed by atoms with van der Waals surface area (Å²) in [6.07, 6.45) is 1.85. The maximum atomic E-state index is 12.8. The molecule has 0 saturated carbocycles. The first-order chi connectivity index (χ1) is 12.6. The zero-order valence-corrected chi connectivity index (χ0v) is 14.7. The van der Waals surface area contributed by atoms with Crippen LogP contribution in [0.5, 0.6) is 11.5 Å². The molecule has 0 spiro atoms. The smallest absolute Gasteiger partial charge is 0.329 e. The molecule has 0 radical (unpaired) electrons. The Hall–Kier alpha value is -3.23. The number of methoxy groups -OCH3 is 3. The van der Waals surface area contributed by atoms with Crippen molar-refractivity contribution in [3.63, 3.8) is 0 Å². The molecule has 1 aromatic heterocycles. The van der Waals surface area contributed by atoms with Gasteiger partial charge < -0.3 is 29.4 Å². The predicted molar refractivity (Wildman–Crippen MR) is 92.2 cm³/mol. The quantitative estimate of drug-likeness (QED) is 0.802. The third-order valence-electron chi connectivity index (χ3n) is 4.27. The lowest BCUT2D eigenvalue weighted by molar-refractivity contribution is -0.146. The van der Waals surface area contributed by atoms with Gasteiger partial charge >= 0.3 is 12.0 Å². The molecule has 1 atom stereocenters. The van der Waals surface area contributed by atoms with E-state index < -0.39 is 18.0 Å². The Morgan fingerprint density at radius 3 is 2.69 bits per heavy atom. The van der Waals surface area contributed by atoms with Gasteiger partial charge in [-0.15, -0.1) is 0 Å². The van der Waals surface area contributed by atoms with Gasteiger partial charge in [-0.3, -0.25) is 0 Å². The van der Waals surface area contributed by atoms with E-state index >= 15 is 0 Å². The molecule has 0 aliphatic carbocycles. The van der Waals surface area contributed by atoms with E-state index in [1.54, 1.807) is 24.5 Å². The largest absolute Gasteiger partial charge is 0.493 e. The van der Waals surface area contributed by atoms with Crippen LogP contribution >= 0.6 is 0 Å². The molecule has 1 aromatic carbocycles. The number of benzene rings is 1. The van der Waals surface area contributed by atoms with E-state index in [1.165, 1.54) is 26.2 Å². The molecule has 9 heteroatoms. The fourth-order valence-corrected chi connectivity index (χ4v) is 2.91. The highest BCUT2D eigenvalue weighted by Crippen LogP contribution is 2.30. The minimum absolute atomic E-state index is 0.230. The number of esters is 1. The standard InChI is InChI=1S/C17H20N4O5/c1-24-14-5-4-10(6-15(14)25-2)20-17(23)21-8-12-11(18-9-19-12)7-13(21)16(22)26-3/h4-6,9,13H,7-8H2,1-3H3,(H,18,19)(H,20,23). The average Bonchev–Trinajstić information content (AvgIpc) is 3.13. The fourth-order valence-electron chi connectivity index (χ4n) is 2.91. The number of imidazole rings is 1. The molecule has 0 saturated heterocycles. The van der Waals surface area contributed by atoms with Crippen LogP contribution in [0.3, 0.4) is 0 Å². The predicted octanol–water partition coefficient (Wildman–Crippen LogP) is 1.56. The molecular formula is C17H20N4O5. The second-order valence-electron chi connectivity index (χ2n) is 5.70. The summed E-state index contributed by atoms with van der Waals surface area (Å²) in [6.45, 7) is 0.230. The van der Waals surface area contributed by atoms with E-state index in [9.17, 15) is 9.59 Å². The maximum Gasteiger partial charge on any atom is 0.329 e. The Morgan fingerprint density at radius 2 is 2.00 bits per heavy atom. The van der Waals surface area contributed by atoms with Crippen LogP contribution in [-0.2, 0) is 22.5 Å². The van der Waals surface area contributed by atoms with Gasteiger partial charge in [-0.2, -0.15) is 0 Å². The molecule has 2 amide bonds. The van der Waals surface area contributed by atoms with Crippen molar-refractivity contribution in [1.82, 2.24) is 14.9 Å². The van der Waals surface area contributed by atoms with Gasteiger partial charge in [-0.1, -0.05) is 0 Å². The first-order valence-corrected chi connectivity index (χ1v) is 7.96. The molecule has 1 unspecified atom stereocenters. The molecule has 138 valence electrons. The minimum Gasteiger partial charge on any atom is -0.493 e. The van der Waals surface area contributed by atoms with Gasteiger partial charge in [0.05, 0.1) is 45.6 Å². The number of hydrogen-bond donors (Lipinski definition) is 2. The summed E-state index contributed by atoms with van der Waals surface area (Å²) in [6, 6.07) is 3.87. The summed E-state index contributed by atoms with van der Waals surface area (Å²) >= 11 is 0. The van der Waals surface area contributed by atoms with Gasteiger partial charge in [0.15, 0.2) is 11.5 Å². The number of amides is 2. The second-order valence-corrected chi connectivity index (χ2v) is 5.70.